The molecule has 2 heterocycles. The zero-order valence-corrected chi connectivity index (χ0v) is 18.9. The maximum atomic E-state index is 13.6. The van der Waals surface area contributed by atoms with Crippen LogP contribution in [0.25, 0.3) is 5.69 Å². The standard InChI is InChI=1S/C28H27N3O2/c1-20-12-14-22(15-13-20)27-26-11-6-16-30(26)25-10-4-3-8-23(25)19-31(27)28(32)29-18-21-7-5-9-24(17-21)33-2/h3-17,27H,18-19H2,1-2H3,(H,29,32)/t27-/m1/s1. The molecule has 0 aliphatic carbocycles. The van der Waals surface area contributed by atoms with Crippen molar-refractivity contribution in [2.75, 3.05) is 7.11 Å². The van der Waals surface area contributed by atoms with E-state index in [1.807, 2.05) is 47.4 Å². The van der Waals surface area contributed by atoms with Crippen molar-refractivity contribution in [3.05, 3.63) is 119 Å². The Morgan fingerprint density at radius 1 is 1.00 bits per heavy atom. The molecule has 0 spiro atoms. The second-order valence-corrected chi connectivity index (χ2v) is 8.38. The maximum Gasteiger partial charge on any atom is 0.318 e. The van der Waals surface area contributed by atoms with Crippen LogP contribution in [0, 0.1) is 6.92 Å². The van der Waals surface area contributed by atoms with Crippen LogP contribution in [0.5, 0.6) is 5.75 Å². The fourth-order valence-corrected chi connectivity index (χ4v) is 4.50. The largest absolute Gasteiger partial charge is 0.497 e. The van der Waals surface area contributed by atoms with Gasteiger partial charge in [0, 0.05) is 18.4 Å². The summed E-state index contributed by atoms with van der Waals surface area (Å²) in [5.74, 6) is 0.779. The maximum absolute atomic E-state index is 13.6. The summed E-state index contributed by atoms with van der Waals surface area (Å²) in [7, 11) is 1.65. The van der Waals surface area contributed by atoms with Crippen molar-refractivity contribution in [3.8, 4) is 11.4 Å². The predicted octanol–water partition coefficient (Wildman–Crippen LogP) is 5.61. The monoisotopic (exact) mass is 437 g/mol. The van der Waals surface area contributed by atoms with Gasteiger partial charge in [-0.1, -0.05) is 60.2 Å². The molecule has 33 heavy (non-hydrogen) atoms. The minimum atomic E-state index is -0.210. The molecule has 1 aromatic heterocycles. The molecular weight excluding hydrogens is 410 g/mol. The predicted molar refractivity (Wildman–Crippen MR) is 130 cm³/mol. The number of aromatic nitrogens is 1. The second kappa shape index (κ2) is 8.87. The first-order valence-corrected chi connectivity index (χ1v) is 11.1. The van der Waals surface area contributed by atoms with Crippen molar-refractivity contribution >= 4 is 6.03 Å². The van der Waals surface area contributed by atoms with Crippen molar-refractivity contribution in [1.29, 1.82) is 0 Å². The van der Waals surface area contributed by atoms with Crippen LogP contribution in [0.1, 0.15) is 34.0 Å². The fraction of sp³-hybridized carbons (Fsp3) is 0.179. The SMILES string of the molecule is COc1cccc(CNC(=O)N2Cc3ccccc3-n3cccc3[C@H]2c2ccc(C)cc2)c1. The van der Waals surface area contributed by atoms with Crippen LogP contribution in [0.2, 0.25) is 0 Å². The van der Waals surface area contributed by atoms with E-state index in [4.69, 9.17) is 4.74 Å². The molecule has 5 heteroatoms. The first-order chi connectivity index (χ1) is 16.1. The molecule has 1 aliphatic rings. The first-order valence-electron chi connectivity index (χ1n) is 11.1. The number of methoxy groups -OCH3 is 1. The average molecular weight is 438 g/mol. The number of rotatable bonds is 4. The molecule has 0 saturated heterocycles. The molecule has 0 bridgehead atoms. The van der Waals surface area contributed by atoms with E-state index in [1.165, 1.54) is 5.56 Å². The van der Waals surface area contributed by atoms with Gasteiger partial charge in [0.25, 0.3) is 0 Å². The zero-order valence-electron chi connectivity index (χ0n) is 18.9. The highest BCUT2D eigenvalue weighted by molar-refractivity contribution is 5.76. The van der Waals surface area contributed by atoms with Crippen molar-refractivity contribution < 1.29 is 9.53 Å². The topological polar surface area (TPSA) is 46.5 Å². The highest BCUT2D eigenvalue weighted by Gasteiger charge is 2.32. The fourth-order valence-electron chi connectivity index (χ4n) is 4.50. The molecular formula is C28H27N3O2. The molecule has 5 rings (SSSR count). The lowest BCUT2D eigenvalue weighted by Gasteiger charge is -2.31. The van der Waals surface area contributed by atoms with E-state index >= 15 is 0 Å². The summed E-state index contributed by atoms with van der Waals surface area (Å²) in [5.41, 5.74) is 6.57. The van der Waals surface area contributed by atoms with Crippen LogP contribution in [-0.4, -0.2) is 22.6 Å². The lowest BCUT2D eigenvalue weighted by molar-refractivity contribution is 0.180. The lowest BCUT2D eigenvalue weighted by Crippen LogP contribution is -2.41. The van der Waals surface area contributed by atoms with Gasteiger partial charge in [-0.05, 0) is 53.9 Å². The second-order valence-electron chi connectivity index (χ2n) is 8.38. The number of hydrogen-bond donors (Lipinski definition) is 1. The lowest BCUT2D eigenvalue weighted by atomic mass is 10.0. The number of carbonyl (C=O) groups is 1. The molecule has 0 radical (unpaired) electrons. The molecule has 2 amide bonds. The zero-order chi connectivity index (χ0) is 22.8. The summed E-state index contributed by atoms with van der Waals surface area (Å²) in [6.07, 6.45) is 2.08. The van der Waals surface area contributed by atoms with Gasteiger partial charge in [0.1, 0.15) is 5.75 Å². The van der Waals surface area contributed by atoms with Gasteiger partial charge in [0.05, 0.1) is 25.4 Å². The van der Waals surface area contributed by atoms with Crippen LogP contribution in [0.3, 0.4) is 0 Å². The smallest absolute Gasteiger partial charge is 0.318 e. The van der Waals surface area contributed by atoms with Gasteiger partial charge >= 0.3 is 6.03 Å². The van der Waals surface area contributed by atoms with Crippen LogP contribution in [0.4, 0.5) is 4.79 Å². The van der Waals surface area contributed by atoms with Gasteiger partial charge in [-0.3, -0.25) is 0 Å². The Hall–Kier alpha value is -3.99. The van der Waals surface area contributed by atoms with Crippen molar-refractivity contribution in [2.45, 2.75) is 26.1 Å². The van der Waals surface area contributed by atoms with Crippen molar-refractivity contribution in [3.63, 3.8) is 0 Å². The van der Waals surface area contributed by atoms with E-state index < -0.39 is 0 Å². The summed E-state index contributed by atoms with van der Waals surface area (Å²) < 4.78 is 7.53. The van der Waals surface area contributed by atoms with E-state index in [2.05, 4.69) is 65.5 Å². The van der Waals surface area contributed by atoms with Crippen molar-refractivity contribution in [1.82, 2.24) is 14.8 Å². The third kappa shape index (κ3) is 4.10. The Kier molecular flexibility index (Phi) is 5.61. The quantitative estimate of drug-likeness (QED) is 0.451. The molecule has 1 atom stereocenters. The van der Waals surface area contributed by atoms with Crippen molar-refractivity contribution in [2.24, 2.45) is 0 Å². The molecule has 5 nitrogen and oxygen atoms in total. The molecule has 0 unspecified atom stereocenters. The number of carbonyl (C=O) groups excluding carboxylic acids is 1. The summed E-state index contributed by atoms with van der Waals surface area (Å²) in [6, 6.07) is 28.3. The van der Waals surface area contributed by atoms with Crippen LogP contribution < -0.4 is 10.1 Å². The number of para-hydroxylation sites is 1. The Bertz CT molecular complexity index is 1280. The number of ether oxygens (including phenoxy) is 1. The van der Waals surface area contributed by atoms with E-state index in [0.29, 0.717) is 13.1 Å². The number of aryl methyl sites for hydroxylation is 1. The number of amides is 2. The van der Waals surface area contributed by atoms with Gasteiger partial charge in [0.15, 0.2) is 0 Å². The van der Waals surface area contributed by atoms with Crippen LogP contribution in [0.15, 0.2) is 91.1 Å². The third-order valence-corrected chi connectivity index (χ3v) is 6.20. The van der Waals surface area contributed by atoms with E-state index in [0.717, 1.165) is 33.8 Å². The highest BCUT2D eigenvalue weighted by atomic mass is 16.5. The summed E-state index contributed by atoms with van der Waals surface area (Å²) >= 11 is 0. The summed E-state index contributed by atoms with van der Waals surface area (Å²) in [6.45, 7) is 3.02. The number of benzene rings is 3. The average Bonchev–Trinajstić information content (AvgIpc) is 3.28. The molecule has 1 N–H and O–H groups in total. The molecule has 0 saturated carbocycles. The van der Waals surface area contributed by atoms with Gasteiger partial charge in [-0.15, -0.1) is 0 Å². The highest BCUT2D eigenvalue weighted by Crippen LogP contribution is 2.36. The Morgan fingerprint density at radius 2 is 1.82 bits per heavy atom. The van der Waals surface area contributed by atoms with Gasteiger partial charge < -0.3 is 19.5 Å². The number of urea groups is 1. The summed E-state index contributed by atoms with van der Waals surface area (Å²) in [4.78, 5) is 15.6. The Morgan fingerprint density at radius 3 is 2.64 bits per heavy atom. The Balaban J connectivity index is 1.53. The number of fused-ring (bicyclic) bond motifs is 3. The minimum Gasteiger partial charge on any atom is -0.497 e. The Labute approximate surface area is 194 Å². The molecule has 1 aliphatic heterocycles. The molecule has 166 valence electrons. The third-order valence-electron chi connectivity index (χ3n) is 6.20. The normalized spacial score (nSPS) is 14.7. The molecule has 0 fully saturated rings. The van der Waals surface area contributed by atoms with Crippen LogP contribution >= 0.6 is 0 Å². The van der Waals surface area contributed by atoms with Gasteiger partial charge in [-0.25, -0.2) is 4.79 Å². The van der Waals surface area contributed by atoms with E-state index in [1.54, 1.807) is 7.11 Å². The number of nitrogens with zero attached hydrogens (tertiary/aromatic N) is 2. The molecule has 4 aromatic rings. The van der Waals surface area contributed by atoms with Crippen LogP contribution in [-0.2, 0) is 13.1 Å². The van der Waals surface area contributed by atoms with Gasteiger partial charge in [-0.2, -0.15) is 0 Å². The van der Waals surface area contributed by atoms with Gasteiger partial charge in [0.2, 0.25) is 0 Å². The summed E-state index contributed by atoms with van der Waals surface area (Å²) in [5, 5.41) is 3.13. The van der Waals surface area contributed by atoms with E-state index in [9.17, 15) is 4.79 Å². The minimum absolute atomic E-state index is 0.104. The van der Waals surface area contributed by atoms with E-state index in [-0.39, 0.29) is 12.1 Å². The number of hydrogen-bond acceptors (Lipinski definition) is 2. The number of nitrogens with one attached hydrogen (secondary N) is 1. The first kappa shape index (κ1) is 20.9. The molecule has 3 aromatic carbocycles.